The van der Waals surface area contributed by atoms with Crippen LogP contribution in [0.4, 0.5) is 11.4 Å². The second-order valence-corrected chi connectivity index (χ2v) is 5.27. The quantitative estimate of drug-likeness (QED) is 0.693. The average molecular weight is 322 g/mol. The molecule has 2 aromatic rings. The highest BCUT2D eigenvalue weighted by Crippen LogP contribution is 2.18. The third-order valence-electron chi connectivity index (χ3n) is 3.63. The van der Waals surface area contributed by atoms with E-state index in [0.29, 0.717) is 18.7 Å². The van der Waals surface area contributed by atoms with Crippen molar-refractivity contribution in [2.45, 2.75) is 0 Å². The number of nitrogens with one attached hydrogen (secondary N) is 3. The lowest BCUT2D eigenvalue weighted by molar-refractivity contribution is 0.0951. The first-order chi connectivity index (χ1) is 11.8. The van der Waals surface area contributed by atoms with E-state index in [1.807, 2.05) is 42.5 Å². The Morgan fingerprint density at radius 1 is 0.750 bits per heavy atom. The molecule has 0 aliphatic carbocycles. The Morgan fingerprint density at radius 2 is 1.42 bits per heavy atom. The molecule has 2 aliphatic heterocycles. The lowest BCUT2D eigenvalue weighted by Gasteiger charge is -2.03. The summed E-state index contributed by atoms with van der Waals surface area (Å²) >= 11 is 0. The molecule has 2 aliphatic rings. The van der Waals surface area contributed by atoms with E-state index in [2.05, 4.69) is 20.9 Å². The minimum absolute atomic E-state index is 0.00981. The number of amides is 2. The SMILES string of the molecule is O=C1NCC=Nc2ccccc21.O=C1NCCNc2ccccc21. The Labute approximate surface area is 140 Å². The van der Waals surface area contributed by atoms with E-state index in [0.717, 1.165) is 23.5 Å². The molecule has 0 fully saturated rings. The predicted molar refractivity (Wildman–Crippen MR) is 94.2 cm³/mol. The second-order valence-electron chi connectivity index (χ2n) is 5.27. The highest BCUT2D eigenvalue weighted by molar-refractivity contribution is 6.01. The molecule has 0 bridgehead atoms. The molecule has 0 saturated carbocycles. The van der Waals surface area contributed by atoms with Gasteiger partial charge in [0.2, 0.25) is 0 Å². The maximum Gasteiger partial charge on any atom is 0.253 e. The zero-order valence-corrected chi connectivity index (χ0v) is 13.1. The van der Waals surface area contributed by atoms with E-state index >= 15 is 0 Å². The molecule has 6 nitrogen and oxygen atoms in total. The number of para-hydroxylation sites is 2. The number of nitrogens with zero attached hydrogens (tertiary/aromatic N) is 1. The number of anilines is 1. The Balaban J connectivity index is 0.000000141. The number of benzene rings is 2. The van der Waals surface area contributed by atoms with Crippen molar-refractivity contribution in [2.24, 2.45) is 4.99 Å². The van der Waals surface area contributed by atoms with Gasteiger partial charge in [0.15, 0.2) is 0 Å². The molecule has 24 heavy (non-hydrogen) atoms. The summed E-state index contributed by atoms with van der Waals surface area (Å²) in [5.74, 6) is -0.0429. The number of hydrogen-bond acceptors (Lipinski definition) is 4. The van der Waals surface area contributed by atoms with Crippen LogP contribution in [-0.2, 0) is 0 Å². The molecular formula is C18H18N4O2. The van der Waals surface area contributed by atoms with Crippen molar-refractivity contribution in [3.05, 3.63) is 59.7 Å². The molecule has 0 saturated heterocycles. The van der Waals surface area contributed by atoms with Crippen LogP contribution in [0.1, 0.15) is 20.7 Å². The van der Waals surface area contributed by atoms with E-state index in [1.54, 1.807) is 12.3 Å². The van der Waals surface area contributed by atoms with E-state index < -0.39 is 0 Å². The maximum atomic E-state index is 11.4. The lowest BCUT2D eigenvalue weighted by atomic mass is 10.2. The Kier molecular flexibility index (Phi) is 4.86. The molecule has 2 heterocycles. The zero-order chi connectivity index (χ0) is 16.8. The van der Waals surface area contributed by atoms with Gasteiger partial charge in [0.05, 0.1) is 23.4 Å². The highest BCUT2D eigenvalue weighted by Gasteiger charge is 2.12. The second kappa shape index (κ2) is 7.41. The molecule has 0 atom stereocenters. The largest absolute Gasteiger partial charge is 0.383 e. The molecule has 0 spiro atoms. The van der Waals surface area contributed by atoms with Gasteiger partial charge in [0, 0.05) is 25.0 Å². The van der Waals surface area contributed by atoms with E-state index in [9.17, 15) is 9.59 Å². The van der Waals surface area contributed by atoms with Gasteiger partial charge < -0.3 is 16.0 Å². The van der Waals surface area contributed by atoms with Gasteiger partial charge in [-0.1, -0.05) is 24.3 Å². The predicted octanol–water partition coefficient (Wildman–Crippen LogP) is 1.97. The number of rotatable bonds is 0. The van der Waals surface area contributed by atoms with Gasteiger partial charge in [0.1, 0.15) is 0 Å². The number of carbonyl (C=O) groups is 2. The number of carbonyl (C=O) groups excluding carboxylic acids is 2. The monoisotopic (exact) mass is 322 g/mol. The van der Waals surface area contributed by atoms with Gasteiger partial charge in [-0.2, -0.15) is 0 Å². The lowest BCUT2D eigenvalue weighted by Crippen LogP contribution is -2.24. The minimum atomic E-state index is -0.0527. The van der Waals surface area contributed by atoms with Crippen molar-refractivity contribution < 1.29 is 9.59 Å². The molecular weight excluding hydrogens is 304 g/mol. The van der Waals surface area contributed by atoms with Crippen molar-refractivity contribution in [3.63, 3.8) is 0 Å². The summed E-state index contributed by atoms with van der Waals surface area (Å²) in [6.07, 6.45) is 1.70. The number of hydrogen-bond donors (Lipinski definition) is 3. The topological polar surface area (TPSA) is 82.6 Å². The van der Waals surface area contributed by atoms with Crippen molar-refractivity contribution in [3.8, 4) is 0 Å². The fourth-order valence-corrected chi connectivity index (χ4v) is 2.46. The summed E-state index contributed by atoms with van der Waals surface area (Å²) < 4.78 is 0. The molecule has 0 aromatic heterocycles. The van der Waals surface area contributed by atoms with Gasteiger partial charge in [-0.15, -0.1) is 0 Å². The standard InChI is InChI=1S/C9H10N2O.C9H8N2O/c2*12-9-7-3-1-2-4-8(7)10-5-6-11-9/h1-4,10H,5-6H2,(H,11,12);1-5H,6H2,(H,11,12). The Bertz CT molecular complexity index is 784. The summed E-state index contributed by atoms with van der Waals surface area (Å²) in [5, 5.41) is 8.68. The van der Waals surface area contributed by atoms with Crippen LogP contribution in [0.2, 0.25) is 0 Å². The van der Waals surface area contributed by atoms with Crippen molar-refractivity contribution in [1.29, 1.82) is 0 Å². The van der Waals surface area contributed by atoms with Gasteiger partial charge in [-0.05, 0) is 24.3 Å². The third kappa shape index (κ3) is 3.60. The first-order valence-electron chi connectivity index (χ1n) is 7.76. The van der Waals surface area contributed by atoms with Crippen LogP contribution in [0.25, 0.3) is 0 Å². The van der Waals surface area contributed by atoms with Gasteiger partial charge in [-0.25, -0.2) is 0 Å². The van der Waals surface area contributed by atoms with E-state index in [4.69, 9.17) is 0 Å². The van der Waals surface area contributed by atoms with Crippen LogP contribution in [0, 0.1) is 0 Å². The van der Waals surface area contributed by atoms with Crippen molar-refractivity contribution in [2.75, 3.05) is 25.0 Å². The van der Waals surface area contributed by atoms with Crippen LogP contribution in [0.3, 0.4) is 0 Å². The third-order valence-corrected chi connectivity index (χ3v) is 3.63. The number of aliphatic imine (C=N–C) groups is 1. The Hall–Kier alpha value is -3.15. The molecule has 2 amide bonds. The number of fused-ring (bicyclic) bond motifs is 2. The van der Waals surface area contributed by atoms with Gasteiger partial charge in [0.25, 0.3) is 11.8 Å². The summed E-state index contributed by atoms with van der Waals surface area (Å²) in [4.78, 5) is 26.8. The highest BCUT2D eigenvalue weighted by atomic mass is 16.2. The van der Waals surface area contributed by atoms with Crippen LogP contribution in [0.5, 0.6) is 0 Å². The minimum Gasteiger partial charge on any atom is -0.383 e. The summed E-state index contributed by atoms with van der Waals surface area (Å²) in [5.41, 5.74) is 3.04. The molecule has 2 aromatic carbocycles. The molecule has 0 radical (unpaired) electrons. The van der Waals surface area contributed by atoms with Gasteiger partial charge in [-0.3, -0.25) is 14.6 Å². The first-order valence-corrected chi connectivity index (χ1v) is 7.76. The molecule has 122 valence electrons. The van der Waals surface area contributed by atoms with Gasteiger partial charge >= 0.3 is 0 Å². The van der Waals surface area contributed by atoms with Crippen LogP contribution in [0.15, 0.2) is 53.5 Å². The normalized spacial score (nSPS) is 15.2. The fraction of sp³-hybridized carbons (Fsp3) is 0.167. The smallest absolute Gasteiger partial charge is 0.253 e. The summed E-state index contributed by atoms with van der Waals surface area (Å²) in [7, 11) is 0. The molecule has 6 heteroatoms. The summed E-state index contributed by atoms with van der Waals surface area (Å²) in [6, 6.07) is 14.8. The molecule has 3 N–H and O–H groups in total. The maximum absolute atomic E-state index is 11.4. The van der Waals surface area contributed by atoms with E-state index in [-0.39, 0.29) is 11.8 Å². The summed E-state index contributed by atoms with van der Waals surface area (Å²) in [6.45, 7) is 1.99. The average Bonchev–Trinajstić information content (AvgIpc) is 2.93. The Morgan fingerprint density at radius 3 is 2.29 bits per heavy atom. The first kappa shape index (κ1) is 15.7. The zero-order valence-electron chi connectivity index (χ0n) is 13.1. The molecule has 4 rings (SSSR count). The van der Waals surface area contributed by atoms with Crippen molar-refractivity contribution in [1.82, 2.24) is 10.6 Å². The fourth-order valence-electron chi connectivity index (χ4n) is 2.46. The molecule has 0 unspecified atom stereocenters. The van der Waals surface area contributed by atoms with Crippen LogP contribution < -0.4 is 16.0 Å². The van der Waals surface area contributed by atoms with E-state index in [1.165, 1.54) is 0 Å². The van der Waals surface area contributed by atoms with Crippen molar-refractivity contribution >= 4 is 29.4 Å². The van der Waals surface area contributed by atoms with Crippen LogP contribution >= 0.6 is 0 Å². The van der Waals surface area contributed by atoms with Crippen LogP contribution in [-0.4, -0.2) is 37.7 Å².